The molecule has 0 aliphatic rings. The number of carboxylic acids is 1. The van der Waals surface area contributed by atoms with Gasteiger partial charge in [-0.05, 0) is 68.7 Å². The van der Waals surface area contributed by atoms with E-state index in [0.717, 1.165) is 12.8 Å². The summed E-state index contributed by atoms with van der Waals surface area (Å²) in [5.41, 5.74) is 0.714. The number of rotatable bonds is 8. The van der Waals surface area contributed by atoms with E-state index in [0.29, 0.717) is 23.2 Å². The number of hydrogen-bond acceptors (Lipinski definition) is 5. The van der Waals surface area contributed by atoms with Crippen LogP contribution in [0, 0.1) is 0 Å². The Morgan fingerprint density at radius 1 is 1.06 bits per heavy atom. The molecule has 8 nitrogen and oxygen atoms in total. The van der Waals surface area contributed by atoms with Gasteiger partial charge in [0, 0.05) is 5.69 Å². The molecular formula is C24H30N2O6. The summed E-state index contributed by atoms with van der Waals surface area (Å²) in [4.78, 5) is 36.7. The van der Waals surface area contributed by atoms with Gasteiger partial charge in [-0.1, -0.05) is 31.9 Å². The average molecular weight is 443 g/mol. The van der Waals surface area contributed by atoms with Crippen LogP contribution in [-0.2, 0) is 9.53 Å². The maximum atomic E-state index is 12.9. The van der Waals surface area contributed by atoms with Crippen molar-refractivity contribution in [2.24, 2.45) is 0 Å². The first-order valence-corrected chi connectivity index (χ1v) is 10.5. The molecule has 0 saturated heterocycles. The molecule has 1 atom stereocenters. The van der Waals surface area contributed by atoms with Crippen LogP contribution in [0.25, 0.3) is 11.1 Å². The lowest BCUT2D eigenvalue weighted by atomic mass is 9.98. The molecule has 32 heavy (non-hydrogen) atoms. The Bertz CT molecular complexity index is 963. The van der Waals surface area contributed by atoms with Crippen molar-refractivity contribution in [3.05, 3.63) is 48.0 Å². The number of carboxylic acid groups (broad SMARTS) is 1. The molecule has 2 aromatic carbocycles. The van der Waals surface area contributed by atoms with Gasteiger partial charge in [0.05, 0.1) is 5.56 Å². The molecule has 0 aliphatic heterocycles. The Hall–Kier alpha value is -3.55. The number of carbonyl (C=O) groups excluding carboxylic acids is 2. The largest absolute Gasteiger partial charge is 0.508 e. The Labute approximate surface area is 187 Å². The van der Waals surface area contributed by atoms with Crippen molar-refractivity contribution in [2.75, 3.05) is 5.32 Å². The fraction of sp³-hybridized carbons (Fsp3) is 0.375. The summed E-state index contributed by atoms with van der Waals surface area (Å²) in [7, 11) is 0. The number of nitrogens with one attached hydrogen (secondary N) is 2. The number of anilines is 1. The van der Waals surface area contributed by atoms with Crippen LogP contribution in [0.4, 0.5) is 10.5 Å². The molecule has 4 N–H and O–H groups in total. The van der Waals surface area contributed by atoms with Crippen LogP contribution in [0.3, 0.4) is 0 Å². The summed E-state index contributed by atoms with van der Waals surface area (Å²) in [6.07, 6.45) is 1.32. The van der Waals surface area contributed by atoms with Gasteiger partial charge in [-0.25, -0.2) is 9.59 Å². The molecule has 0 bridgehead atoms. The van der Waals surface area contributed by atoms with Crippen molar-refractivity contribution in [1.82, 2.24) is 5.32 Å². The molecule has 0 radical (unpaired) electrons. The van der Waals surface area contributed by atoms with Crippen LogP contribution in [0.2, 0.25) is 0 Å². The first-order chi connectivity index (χ1) is 15.0. The molecule has 172 valence electrons. The highest BCUT2D eigenvalue weighted by atomic mass is 16.6. The van der Waals surface area contributed by atoms with Crippen molar-refractivity contribution >= 4 is 23.7 Å². The van der Waals surface area contributed by atoms with Crippen LogP contribution < -0.4 is 10.6 Å². The quantitative estimate of drug-likeness (QED) is 0.466. The lowest BCUT2D eigenvalue weighted by Gasteiger charge is -2.23. The van der Waals surface area contributed by atoms with Crippen LogP contribution >= 0.6 is 0 Å². The summed E-state index contributed by atoms with van der Waals surface area (Å²) in [5, 5.41) is 24.4. The van der Waals surface area contributed by atoms with Gasteiger partial charge in [0.2, 0.25) is 5.91 Å². The van der Waals surface area contributed by atoms with Crippen LogP contribution in [0.15, 0.2) is 42.5 Å². The molecule has 0 aromatic heterocycles. The predicted molar refractivity (Wildman–Crippen MR) is 122 cm³/mol. The van der Waals surface area contributed by atoms with Gasteiger partial charge in [-0.2, -0.15) is 0 Å². The fourth-order valence-electron chi connectivity index (χ4n) is 3.04. The second-order valence-electron chi connectivity index (χ2n) is 8.44. The molecule has 0 fully saturated rings. The van der Waals surface area contributed by atoms with E-state index in [4.69, 9.17) is 4.74 Å². The highest BCUT2D eigenvalue weighted by Crippen LogP contribution is 2.29. The lowest BCUT2D eigenvalue weighted by Crippen LogP contribution is -2.45. The molecule has 2 aromatic rings. The average Bonchev–Trinajstić information content (AvgIpc) is 2.70. The number of unbranched alkanes of at least 4 members (excludes halogenated alkanes) is 1. The number of phenolic OH excluding ortho intramolecular Hbond substituents is 1. The van der Waals surface area contributed by atoms with E-state index in [9.17, 15) is 24.6 Å². The number of ether oxygens (including phenoxy) is 1. The maximum Gasteiger partial charge on any atom is 0.408 e. The third-order valence-electron chi connectivity index (χ3n) is 4.55. The monoisotopic (exact) mass is 442 g/mol. The second kappa shape index (κ2) is 10.7. The van der Waals surface area contributed by atoms with E-state index >= 15 is 0 Å². The molecule has 2 rings (SSSR count). The van der Waals surface area contributed by atoms with Crippen molar-refractivity contribution in [3.8, 4) is 16.9 Å². The standard InChI is InChI=1S/C24H30N2O6/c1-5-6-7-20(26-23(31)32-24(2,3)4)21(28)25-16-10-13-18(22(29)30)19(14-16)15-8-11-17(27)12-9-15/h8-14,20,27H,5-7H2,1-4H3,(H,25,28)(H,26,31)(H,29,30)/t20-/m1/s1. The molecule has 0 heterocycles. The molecule has 0 unspecified atom stereocenters. The minimum absolute atomic E-state index is 0.0575. The number of carbonyl (C=O) groups is 3. The van der Waals surface area contributed by atoms with Gasteiger partial charge in [0.15, 0.2) is 0 Å². The Balaban J connectivity index is 2.26. The second-order valence-corrected chi connectivity index (χ2v) is 8.44. The Kier molecular flexibility index (Phi) is 8.23. The van der Waals surface area contributed by atoms with E-state index in [2.05, 4.69) is 10.6 Å². The Morgan fingerprint density at radius 2 is 1.72 bits per heavy atom. The summed E-state index contributed by atoms with van der Waals surface area (Å²) in [6.45, 7) is 7.20. The van der Waals surface area contributed by atoms with Crippen molar-refractivity contribution in [3.63, 3.8) is 0 Å². The number of aromatic hydroxyl groups is 1. The van der Waals surface area contributed by atoms with E-state index < -0.39 is 29.6 Å². The molecule has 0 saturated carbocycles. The molecule has 8 heteroatoms. The first-order valence-electron chi connectivity index (χ1n) is 10.5. The summed E-state index contributed by atoms with van der Waals surface area (Å²) in [5.74, 6) is -1.48. The maximum absolute atomic E-state index is 12.9. The number of aromatic carboxylic acids is 1. The van der Waals surface area contributed by atoms with E-state index in [1.54, 1.807) is 39.0 Å². The molecular weight excluding hydrogens is 412 g/mol. The highest BCUT2D eigenvalue weighted by Gasteiger charge is 2.24. The van der Waals surface area contributed by atoms with E-state index in [1.165, 1.54) is 24.3 Å². The summed E-state index contributed by atoms with van der Waals surface area (Å²) in [6, 6.07) is 9.75. The number of hydrogen-bond donors (Lipinski definition) is 4. The minimum atomic E-state index is -1.11. The van der Waals surface area contributed by atoms with Gasteiger partial charge in [-0.15, -0.1) is 0 Å². The van der Waals surface area contributed by atoms with Gasteiger partial charge in [-0.3, -0.25) is 4.79 Å². The van der Waals surface area contributed by atoms with Crippen LogP contribution in [0.5, 0.6) is 5.75 Å². The number of amides is 2. The van der Waals surface area contributed by atoms with Gasteiger partial charge in [0.1, 0.15) is 17.4 Å². The van der Waals surface area contributed by atoms with E-state index in [1.807, 2.05) is 6.92 Å². The smallest absolute Gasteiger partial charge is 0.408 e. The van der Waals surface area contributed by atoms with Gasteiger partial charge < -0.3 is 25.6 Å². The first kappa shape index (κ1) is 24.7. The zero-order valence-corrected chi connectivity index (χ0v) is 18.8. The zero-order chi connectivity index (χ0) is 23.9. The van der Waals surface area contributed by atoms with Gasteiger partial charge in [0.25, 0.3) is 0 Å². The summed E-state index contributed by atoms with van der Waals surface area (Å²) < 4.78 is 5.26. The van der Waals surface area contributed by atoms with Crippen LogP contribution in [-0.4, -0.2) is 39.8 Å². The predicted octanol–water partition coefficient (Wildman–Crippen LogP) is 4.78. The minimum Gasteiger partial charge on any atom is -0.508 e. The highest BCUT2D eigenvalue weighted by molar-refractivity contribution is 6.00. The van der Waals surface area contributed by atoms with Crippen molar-refractivity contribution in [1.29, 1.82) is 0 Å². The molecule has 0 spiro atoms. The van der Waals surface area contributed by atoms with Gasteiger partial charge >= 0.3 is 12.1 Å². The van der Waals surface area contributed by atoms with Crippen LogP contribution in [0.1, 0.15) is 57.3 Å². The Morgan fingerprint density at radius 3 is 2.28 bits per heavy atom. The third-order valence-corrected chi connectivity index (χ3v) is 4.55. The number of phenols is 1. The summed E-state index contributed by atoms with van der Waals surface area (Å²) >= 11 is 0. The van der Waals surface area contributed by atoms with Crippen molar-refractivity contribution in [2.45, 2.75) is 58.6 Å². The fourth-order valence-corrected chi connectivity index (χ4v) is 3.04. The number of benzene rings is 2. The van der Waals surface area contributed by atoms with E-state index in [-0.39, 0.29) is 11.3 Å². The zero-order valence-electron chi connectivity index (χ0n) is 18.8. The third kappa shape index (κ3) is 7.30. The molecule has 2 amide bonds. The topological polar surface area (TPSA) is 125 Å². The molecule has 0 aliphatic carbocycles. The number of alkyl carbamates (subject to hydrolysis) is 1. The van der Waals surface area contributed by atoms with Crippen molar-refractivity contribution < 1.29 is 29.3 Å². The SMILES string of the molecule is CCCC[C@@H](NC(=O)OC(C)(C)C)C(=O)Nc1ccc(C(=O)O)c(-c2ccc(O)cc2)c1. The lowest BCUT2D eigenvalue weighted by molar-refractivity contribution is -0.118. The normalized spacial score (nSPS) is 12.0.